The van der Waals surface area contributed by atoms with Crippen molar-refractivity contribution in [1.82, 2.24) is 9.78 Å². The third-order valence-electron chi connectivity index (χ3n) is 4.43. The molecule has 0 saturated heterocycles. The van der Waals surface area contributed by atoms with Gasteiger partial charge >= 0.3 is 0 Å². The summed E-state index contributed by atoms with van der Waals surface area (Å²) in [6.45, 7) is 3.29. The van der Waals surface area contributed by atoms with Crippen LogP contribution in [-0.2, 0) is 16.6 Å². The number of hydrogen-bond acceptors (Lipinski definition) is 4. The Balaban J connectivity index is 1.80. The van der Waals surface area contributed by atoms with Crippen LogP contribution in [0.15, 0.2) is 41.4 Å². The molecule has 0 amide bonds. The van der Waals surface area contributed by atoms with E-state index >= 15 is 0 Å². The zero-order chi connectivity index (χ0) is 16.0. The number of sulfonamides is 1. The van der Waals surface area contributed by atoms with E-state index in [1.807, 2.05) is 30.3 Å². The topological polar surface area (TPSA) is 64.4 Å². The number of aryl methyl sites for hydroxylation is 1. The van der Waals surface area contributed by atoms with Gasteiger partial charge in [-0.25, -0.2) is 13.1 Å². The van der Waals surface area contributed by atoms with Crippen LogP contribution in [0.1, 0.15) is 19.8 Å². The van der Waals surface area contributed by atoms with Gasteiger partial charge in [-0.3, -0.25) is 4.31 Å². The van der Waals surface area contributed by atoms with Crippen LogP contribution in [-0.4, -0.2) is 30.8 Å². The van der Waals surface area contributed by atoms with Crippen LogP contribution in [0.25, 0.3) is 0 Å². The number of benzene rings is 1. The molecule has 0 bridgehead atoms. The van der Waals surface area contributed by atoms with E-state index in [-0.39, 0.29) is 10.9 Å². The second-order valence-corrected chi connectivity index (χ2v) is 7.94. The fourth-order valence-corrected chi connectivity index (χ4v) is 4.87. The van der Waals surface area contributed by atoms with E-state index in [0.29, 0.717) is 30.6 Å². The van der Waals surface area contributed by atoms with Gasteiger partial charge in [0.25, 0.3) is 10.0 Å². The summed E-state index contributed by atoms with van der Waals surface area (Å²) in [6, 6.07) is 9.26. The number of anilines is 1. The molecular weight excluding hydrogens is 314 g/mol. The maximum atomic E-state index is 13.3. The first kappa shape index (κ1) is 14.6. The van der Waals surface area contributed by atoms with Crippen molar-refractivity contribution in [3.63, 3.8) is 0 Å². The summed E-state index contributed by atoms with van der Waals surface area (Å²) in [5.74, 6) is 0.725. The predicted molar refractivity (Wildman–Crippen MR) is 86.0 cm³/mol. The summed E-state index contributed by atoms with van der Waals surface area (Å²) in [7, 11) is -3.70. The van der Waals surface area contributed by atoms with Gasteiger partial charge in [-0.05, 0) is 24.5 Å². The Morgan fingerprint density at radius 1 is 1.30 bits per heavy atom. The summed E-state index contributed by atoms with van der Waals surface area (Å²) < 4.78 is 35.3. The Kier molecular flexibility index (Phi) is 3.33. The molecule has 2 heterocycles. The maximum absolute atomic E-state index is 13.3. The van der Waals surface area contributed by atoms with E-state index in [0.717, 1.165) is 12.8 Å². The van der Waals surface area contributed by atoms with Gasteiger partial charge in [-0.2, -0.15) is 5.10 Å². The molecular formula is C16H19N3O3S. The summed E-state index contributed by atoms with van der Waals surface area (Å²) in [5.41, 5.74) is 0.692. The monoisotopic (exact) mass is 333 g/mol. The smallest absolute Gasteiger partial charge is 0.271 e. The zero-order valence-electron chi connectivity index (χ0n) is 12.9. The van der Waals surface area contributed by atoms with Crippen molar-refractivity contribution in [2.24, 2.45) is 5.92 Å². The lowest BCUT2D eigenvalue weighted by molar-refractivity contribution is 0.224. The molecule has 1 aliphatic carbocycles. The highest BCUT2D eigenvalue weighted by Gasteiger charge is 2.46. The largest absolute Gasteiger partial charge is 0.477 e. The molecule has 2 aliphatic rings. The molecule has 1 aromatic carbocycles. The normalized spacial score (nSPS) is 23.0. The third kappa shape index (κ3) is 2.39. The molecule has 2 atom stereocenters. The van der Waals surface area contributed by atoms with E-state index in [1.165, 1.54) is 10.5 Å². The maximum Gasteiger partial charge on any atom is 0.271 e. The van der Waals surface area contributed by atoms with Crippen molar-refractivity contribution in [1.29, 1.82) is 0 Å². The lowest BCUT2D eigenvalue weighted by Gasteiger charge is -2.25. The van der Waals surface area contributed by atoms with Crippen molar-refractivity contribution in [2.75, 3.05) is 10.9 Å². The van der Waals surface area contributed by atoms with Crippen LogP contribution < -0.4 is 9.04 Å². The van der Waals surface area contributed by atoms with E-state index in [2.05, 4.69) is 12.0 Å². The second kappa shape index (κ2) is 5.26. The molecule has 0 unspecified atom stereocenters. The fourth-order valence-electron chi connectivity index (χ4n) is 3.04. The van der Waals surface area contributed by atoms with Gasteiger partial charge in [0.2, 0.25) is 5.88 Å². The molecule has 122 valence electrons. The van der Waals surface area contributed by atoms with Crippen LogP contribution in [0.5, 0.6) is 5.88 Å². The number of para-hydroxylation sites is 1. The van der Waals surface area contributed by atoms with Crippen LogP contribution >= 0.6 is 0 Å². The highest BCUT2D eigenvalue weighted by atomic mass is 32.2. The van der Waals surface area contributed by atoms with Gasteiger partial charge < -0.3 is 4.74 Å². The van der Waals surface area contributed by atoms with Gasteiger partial charge in [0.15, 0.2) is 4.90 Å². The predicted octanol–water partition coefficient (Wildman–Crippen LogP) is 2.27. The van der Waals surface area contributed by atoms with Gasteiger partial charge in [0.1, 0.15) is 0 Å². The second-order valence-electron chi connectivity index (χ2n) is 6.16. The minimum atomic E-state index is -3.70. The Hall–Kier alpha value is -2.02. The Bertz CT molecular complexity index is 816. The standard InChI is InChI=1S/C16H19N3O3S/c1-12-10-14(12)19(13-6-3-2-4-7-13)23(20,21)15-11-17-18-8-5-9-22-16(15)18/h2-4,6-7,11-12,14H,5,8-10H2,1H3/t12-,14-/m1/s1. The Morgan fingerprint density at radius 2 is 2.04 bits per heavy atom. The van der Waals surface area contributed by atoms with Crippen LogP contribution in [0.3, 0.4) is 0 Å². The first-order valence-electron chi connectivity index (χ1n) is 7.87. The molecule has 23 heavy (non-hydrogen) atoms. The lowest BCUT2D eigenvalue weighted by Crippen LogP contribution is -2.34. The Morgan fingerprint density at radius 3 is 2.74 bits per heavy atom. The van der Waals surface area contributed by atoms with Crippen LogP contribution in [0.4, 0.5) is 5.69 Å². The summed E-state index contributed by atoms with van der Waals surface area (Å²) in [6.07, 6.45) is 3.13. The summed E-state index contributed by atoms with van der Waals surface area (Å²) >= 11 is 0. The van der Waals surface area contributed by atoms with E-state index in [1.54, 1.807) is 4.68 Å². The van der Waals surface area contributed by atoms with Crippen molar-refractivity contribution in [3.05, 3.63) is 36.5 Å². The number of aromatic nitrogens is 2. The number of nitrogens with zero attached hydrogens (tertiary/aromatic N) is 3. The van der Waals surface area contributed by atoms with Crippen molar-refractivity contribution in [3.8, 4) is 5.88 Å². The van der Waals surface area contributed by atoms with E-state index in [4.69, 9.17) is 4.74 Å². The molecule has 6 nitrogen and oxygen atoms in total. The van der Waals surface area contributed by atoms with Crippen LogP contribution in [0, 0.1) is 5.92 Å². The fraction of sp³-hybridized carbons (Fsp3) is 0.438. The average molecular weight is 333 g/mol. The molecule has 1 fully saturated rings. The molecule has 0 N–H and O–H groups in total. The molecule has 7 heteroatoms. The first-order chi connectivity index (χ1) is 11.1. The molecule has 1 saturated carbocycles. The molecule has 2 aromatic rings. The number of hydrogen-bond donors (Lipinski definition) is 0. The van der Waals surface area contributed by atoms with E-state index < -0.39 is 10.0 Å². The SMILES string of the molecule is C[C@@H]1C[C@H]1N(c1ccccc1)S(=O)(=O)c1cnn2c1OCCC2. The van der Waals surface area contributed by atoms with Crippen molar-refractivity contribution >= 4 is 15.7 Å². The number of ether oxygens (including phenoxy) is 1. The third-order valence-corrected chi connectivity index (χ3v) is 6.26. The average Bonchev–Trinajstić information content (AvgIpc) is 3.10. The summed E-state index contributed by atoms with van der Waals surface area (Å²) in [4.78, 5) is 0.167. The lowest BCUT2D eigenvalue weighted by atomic mass is 10.3. The molecule has 0 radical (unpaired) electrons. The Labute approximate surface area is 135 Å². The molecule has 4 rings (SSSR count). The number of fused-ring (bicyclic) bond motifs is 1. The van der Waals surface area contributed by atoms with Gasteiger partial charge in [0, 0.05) is 19.0 Å². The first-order valence-corrected chi connectivity index (χ1v) is 9.31. The van der Waals surface area contributed by atoms with E-state index in [9.17, 15) is 8.42 Å². The van der Waals surface area contributed by atoms with Crippen molar-refractivity contribution < 1.29 is 13.2 Å². The molecule has 0 spiro atoms. The zero-order valence-corrected chi connectivity index (χ0v) is 13.7. The summed E-state index contributed by atoms with van der Waals surface area (Å²) in [5, 5.41) is 4.18. The quantitative estimate of drug-likeness (QED) is 0.861. The minimum absolute atomic E-state index is 0.00143. The van der Waals surface area contributed by atoms with Gasteiger partial charge in [-0.1, -0.05) is 25.1 Å². The minimum Gasteiger partial charge on any atom is -0.477 e. The van der Waals surface area contributed by atoms with Gasteiger partial charge in [0.05, 0.1) is 18.5 Å². The molecule has 1 aliphatic heterocycles. The number of rotatable bonds is 4. The highest BCUT2D eigenvalue weighted by molar-refractivity contribution is 7.93. The highest BCUT2D eigenvalue weighted by Crippen LogP contribution is 2.42. The van der Waals surface area contributed by atoms with Crippen molar-refractivity contribution in [2.45, 2.75) is 37.2 Å². The van der Waals surface area contributed by atoms with Crippen LogP contribution in [0.2, 0.25) is 0 Å². The molecule has 1 aromatic heterocycles. The van der Waals surface area contributed by atoms with Gasteiger partial charge in [-0.15, -0.1) is 0 Å².